The largest absolute Gasteiger partial charge is 0.332 e. The molecule has 1 aliphatic heterocycles. The minimum Gasteiger partial charge on any atom is -0.332 e. The van der Waals surface area contributed by atoms with Crippen LogP contribution in [0.25, 0.3) is 11.0 Å². The number of benzene rings is 1. The fraction of sp³-hybridized carbons (Fsp3) is 0.333. The molecule has 0 radical (unpaired) electrons. The summed E-state index contributed by atoms with van der Waals surface area (Å²) in [6.45, 7) is 2.40. The number of halogens is 1. The van der Waals surface area contributed by atoms with Gasteiger partial charge < -0.3 is 15.5 Å². The third kappa shape index (κ3) is 2.82. The van der Waals surface area contributed by atoms with Crippen LogP contribution >= 0.6 is 23.3 Å². The molecule has 2 aromatic rings. The van der Waals surface area contributed by atoms with Gasteiger partial charge in [0.2, 0.25) is 0 Å². The first-order valence-corrected chi connectivity index (χ1v) is 7.49. The van der Waals surface area contributed by atoms with Crippen LogP contribution in [0.5, 0.6) is 0 Å². The molecule has 2 amide bonds. The first-order chi connectivity index (χ1) is 10.2. The van der Waals surface area contributed by atoms with E-state index in [1.54, 1.807) is 12.1 Å². The number of nitrogens with one attached hydrogen (secondary N) is 2. The molecular weight excluding hydrogens is 314 g/mol. The van der Waals surface area contributed by atoms with E-state index in [1.165, 1.54) is 4.90 Å². The zero-order valence-electron chi connectivity index (χ0n) is 10.9. The summed E-state index contributed by atoms with van der Waals surface area (Å²) in [5.41, 5.74) is 1.46. The smallest absolute Gasteiger partial charge is 0.314 e. The number of amides is 2. The minimum atomic E-state index is -0.709. The summed E-state index contributed by atoms with van der Waals surface area (Å²) in [4.78, 5) is 25.7. The zero-order chi connectivity index (χ0) is 14.8. The van der Waals surface area contributed by atoms with Crippen molar-refractivity contribution >= 4 is 51.9 Å². The summed E-state index contributed by atoms with van der Waals surface area (Å²) in [6.07, 6.45) is 0. The Labute approximate surface area is 129 Å². The van der Waals surface area contributed by atoms with Crippen LogP contribution in [0.3, 0.4) is 0 Å². The predicted molar refractivity (Wildman–Crippen MR) is 80.5 cm³/mol. The highest BCUT2D eigenvalue weighted by atomic mass is 35.5. The Hall–Kier alpha value is -1.77. The van der Waals surface area contributed by atoms with E-state index in [0.717, 1.165) is 11.7 Å². The van der Waals surface area contributed by atoms with Crippen molar-refractivity contribution in [1.29, 1.82) is 0 Å². The lowest BCUT2D eigenvalue weighted by Crippen LogP contribution is -2.49. The zero-order valence-corrected chi connectivity index (χ0v) is 12.5. The molecule has 1 saturated heterocycles. The number of carbonyl (C=O) groups excluding carboxylic acids is 2. The van der Waals surface area contributed by atoms with Crippen molar-refractivity contribution in [2.45, 2.75) is 0 Å². The van der Waals surface area contributed by atoms with Crippen molar-refractivity contribution in [3.05, 3.63) is 17.2 Å². The van der Waals surface area contributed by atoms with Gasteiger partial charge in [-0.15, -0.1) is 0 Å². The van der Waals surface area contributed by atoms with Crippen LogP contribution in [0, 0.1) is 0 Å². The number of hydrogen-bond donors (Lipinski definition) is 2. The fourth-order valence-electron chi connectivity index (χ4n) is 2.12. The lowest BCUT2D eigenvalue weighted by atomic mass is 10.2. The molecule has 1 aliphatic rings. The van der Waals surface area contributed by atoms with Gasteiger partial charge in [0.15, 0.2) is 0 Å². The minimum absolute atomic E-state index is 0.330. The second kappa shape index (κ2) is 5.92. The molecule has 7 nitrogen and oxygen atoms in total. The Morgan fingerprint density at radius 3 is 2.81 bits per heavy atom. The van der Waals surface area contributed by atoms with E-state index in [0.29, 0.717) is 47.9 Å². The monoisotopic (exact) mass is 325 g/mol. The van der Waals surface area contributed by atoms with Crippen molar-refractivity contribution in [1.82, 2.24) is 19.0 Å². The van der Waals surface area contributed by atoms with E-state index >= 15 is 0 Å². The van der Waals surface area contributed by atoms with E-state index < -0.39 is 11.8 Å². The maximum absolute atomic E-state index is 12.1. The van der Waals surface area contributed by atoms with Gasteiger partial charge in [0.05, 0.1) is 22.4 Å². The second-order valence-corrected chi connectivity index (χ2v) is 5.49. The molecular formula is C12H12ClN5O2S. The van der Waals surface area contributed by atoms with Crippen LogP contribution in [-0.2, 0) is 9.59 Å². The van der Waals surface area contributed by atoms with Crippen LogP contribution < -0.4 is 10.6 Å². The normalized spacial score (nSPS) is 15.2. The summed E-state index contributed by atoms with van der Waals surface area (Å²) in [5, 5.41) is 6.01. The highest BCUT2D eigenvalue weighted by molar-refractivity contribution is 7.00. The van der Waals surface area contributed by atoms with E-state index in [-0.39, 0.29) is 0 Å². The van der Waals surface area contributed by atoms with Crippen molar-refractivity contribution < 1.29 is 9.59 Å². The summed E-state index contributed by atoms with van der Waals surface area (Å²) >= 11 is 7.11. The van der Waals surface area contributed by atoms with E-state index in [1.807, 2.05) is 0 Å². The highest BCUT2D eigenvalue weighted by Gasteiger charge is 2.24. The Balaban J connectivity index is 1.81. The lowest BCUT2D eigenvalue weighted by molar-refractivity contribution is -0.143. The van der Waals surface area contributed by atoms with E-state index in [2.05, 4.69) is 19.4 Å². The molecule has 110 valence electrons. The molecule has 2 heterocycles. The quantitative estimate of drug-likeness (QED) is 0.754. The SMILES string of the molecule is O=C(Nc1c(Cl)ccc2nsnc12)C(=O)N1CCNCC1. The Kier molecular flexibility index (Phi) is 4.00. The fourth-order valence-corrected chi connectivity index (χ4v) is 2.87. The number of hydrogen-bond acceptors (Lipinski definition) is 6. The van der Waals surface area contributed by atoms with Crippen LogP contribution in [0.2, 0.25) is 5.02 Å². The summed E-state index contributed by atoms with van der Waals surface area (Å²) in [7, 11) is 0. The van der Waals surface area contributed by atoms with Gasteiger partial charge in [0.25, 0.3) is 0 Å². The molecule has 3 rings (SSSR count). The molecule has 0 bridgehead atoms. The average Bonchev–Trinajstić information content (AvgIpc) is 2.99. The van der Waals surface area contributed by atoms with Gasteiger partial charge in [-0.3, -0.25) is 9.59 Å². The molecule has 1 fully saturated rings. The number of carbonyl (C=O) groups is 2. The van der Waals surface area contributed by atoms with Gasteiger partial charge in [-0.25, -0.2) is 0 Å². The third-order valence-electron chi connectivity index (χ3n) is 3.21. The van der Waals surface area contributed by atoms with Crippen LogP contribution in [0.1, 0.15) is 0 Å². The summed E-state index contributed by atoms with van der Waals surface area (Å²) in [6, 6.07) is 3.34. The average molecular weight is 326 g/mol. The number of aromatic nitrogens is 2. The van der Waals surface area contributed by atoms with Gasteiger partial charge in [-0.05, 0) is 12.1 Å². The van der Waals surface area contributed by atoms with Crippen molar-refractivity contribution in [3.63, 3.8) is 0 Å². The number of rotatable bonds is 1. The Bertz CT molecular complexity index is 698. The Morgan fingerprint density at radius 1 is 1.29 bits per heavy atom. The van der Waals surface area contributed by atoms with Crippen molar-refractivity contribution in [2.75, 3.05) is 31.5 Å². The maximum Gasteiger partial charge on any atom is 0.314 e. The molecule has 21 heavy (non-hydrogen) atoms. The van der Waals surface area contributed by atoms with Crippen LogP contribution in [0.4, 0.5) is 5.69 Å². The highest BCUT2D eigenvalue weighted by Crippen LogP contribution is 2.29. The van der Waals surface area contributed by atoms with Gasteiger partial charge in [-0.1, -0.05) is 11.6 Å². The van der Waals surface area contributed by atoms with Crippen LogP contribution in [0.15, 0.2) is 12.1 Å². The molecule has 0 atom stereocenters. The molecule has 1 aromatic heterocycles. The molecule has 9 heteroatoms. The van der Waals surface area contributed by atoms with Crippen LogP contribution in [-0.4, -0.2) is 51.6 Å². The third-order valence-corrected chi connectivity index (χ3v) is 4.07. The number of anilines is 1. The van der Waals surface area contributed by atoms with E-state index in [4.69, 9.17) is 11.6 Å². The van der Waals surface area contributed by atoms with Crippen molar-refractivity contribution in [3.8, 4) is 0 Å². The molecule has 2 N–H and O–H groups in total. The summed E-state index contributed by atoms with van der Waals surface area (Å²) in [5.74, 6) is -1.27. The Morgan fingerprint density at radius 2 is 2.05 bits per heavy atom. The van der Waals surface area contributed by atoms with E-state index in [9.17, 15) is 9.59 Å². The standard InChI is InChI=1S/C12H12ClN5O2S/c13-7-1-2-8-10(17-21-16-8)9(7)15-11(19)12(20)18-5-3-14-4-6-18/h1-2,14H,3-6H2,(H,15,19). The van der Waals surface area contributed by atoms with Gasteiger partial charge in [0, 0.05) is 26.2 Å². The van der Waals surface area contributed by atoms with Gasteiger partial charge in [0.1, 0.15) is 11.0 Å². The first kappa shape index (κ1) is 14.2. The van der Waals surface area contributed by atoms with Gasteiger partial charge >= 0.3 is 11.8 Å². The van der Waals surface area contributed by atoms with Crippen molar-refractivity contribution in [2.24, 2.45) is 0 Å². The molecule has 0 aliphatic carbocycles. The lowest BCUT2D eigenvalue weighted by Gasteiger charge is -2.26. The van der Waals surface area contributed by atoms with Gasteiger partial charge in [-0.2, -0.15) is 8.75 Å². The molecule has 0 spiro atoms. The predicted octanol–water partition coefficient (Wildman–Crippen LogP) is 0.715. The molecule has 0 saturated carbocycles. The number of nitrogens with zero attached hydrogens (tertiary/aromatic N) is 3. The second-order valence-electron chi connectivity index (χ2n) is 4.55. The topological polar surface area (TPSA) is 87.2 Å². The molecule has 1 aromatic carbocycles. The maximum atomic E-state index is 12.1. The summed E-state index contributed by atoms with van der Waals surface area (Å²) < 4.78 is 8.18. The number of fused-ring (bicyclic) bond motifs is 1. The first-order valence-electron chi connectivity index (χ1n) is 6.38. The number of piperazine rings is 1. The molecule has 0 unspecified atom stereocenters.